The highest BCUT2D eigenvalue weighted by molar-refractivity contribution is 9.10. The van der Waals surface area contributed by atoms with Crippen LogP contribution in [-0.4, -0.2) is 17.9 Å². The molecule has 0 aliphatic carbocycles. The molecule has 1 heterocycles. The highest BCUT2D eigenvalue weighted by Gasteiger charge is 2.13. The highest BCUT2D eigenvalue weighted by Crippen LogP contribution is 2.18. The van der Waals surface area contributed by atoms with E-state index in [-0.39, 0.29) is 5.91 Å². The van der Waals surface area contributed by atoms with Crippen LogP contribution in [0.3, 0.4) is 0 Å². The molecule has 2 rings (SSSR count). The molecule has 0 atom stereocenters. The summed E-state index contributed by atoms with van der Waals surface area (Å²) >= 11 is 3.27. The van der Waals surface area contributed by atoms with Gasteiger partial charge in [0, 0.05) is 24.5 Å². The van der Waals surface area contributed by atoms with Crippen molar-refractivity contribution in [3.63, 3.8) is 0 Å². The lowest BCUT2D eigenvalue weighted by Gasteiger charge is -2.17. The Bertz CT molecular complexity index is 584. The Balaban J connectivity index is 2.29. The van der Waals surface area contributed by atoms with E-state index in [9.17, 15) is 4.79 Å². The van der Waals surface area contributed by atoms with E-state index in [4.69, 9.17) is 0 Å². The number of halogens is 1. The molecule has 0 bridgehead atoms. The van der Waals surface area contributed by atoms with Crippen molar-refractivity contribution in [1.29, 1.82) is 0 Å². The van der Waals surface area contributed by atoms with E-state index in [0.717, 1.165) is 11.3 Å². The van der Waals surface area contributed by atoms with Gasteiger partial charge in [-0.3, -0.25) is 4.79 Å². The Kier molecular flexibility index (Phi) is 3.77. The lowest BCUT2D eigenvalue weighted by molar-refractivity contribution is 0.0993. The zero-order valence-corrected chi connectivity index (χ0v) is 11.8. The zero-order chi connectivity index (χ0) is 13.1. The standard InChI is InChI=1S/C14H13BrN2O/c1-10-4-3-5-12(8-10)17(2)14(18)11-6-7-16-13(15)9-11/h3-9H,1-2H3. The van der Waals surface area contributed by atoms with Gasteiger partial charge >= 0.3 is 0 Å². The maximum absolute atomic E-state index is 12.3. The number of hydrogen-bond acceptors (Lipinski definition) is 2. The number of pyridine rings is 1. The lowest BCUT2D eigenvalue weighted by Crippen LogP contribution is -2.26. The van der Waals surface area contributed by atoms with Gasteiger partial charge in [0.05, 0.1) is 0 Å². The molecule has 1 amide bonds. The second-order valence-electron chi connectivity index (χ2n) is 4.07. The molecule has 0 radical (unpaired) electrons. The molecule has 1 aromatic carbocycles. The smallest absolute Gasteiger partial charge is 0.258 e. The molecule has 92 valence electrons. The number of carbonyl (C=O) groups is 1. The largest absolute Gasteiger partial charge is 0.311 e. The van der Waals surface area contributed by atoms with Crippen LogP contribution in [-0.2, 0) is 0 Å². The summed E-state index contributed by atoms with van der Waals surface area (Å²) < 4.78 is 0.658. The van der Waals surface area contributed by atoms with Gasteiger partial charge in [-0.15, -0.1) is 0 Å². The Labute approximate surface area is 115 Å². The van der Waals surface area contributed by atoms with Crippen molar-refractivity contribution in [1.82, 2.24) is 4.98 Å². The van der Waals surface area contributed by atoms with Crippen molar-refractivity contribution in [3.05, 3.63) is 58.3 Å². The molecule has 0 saturated heterocycles. The Morgan fingerprint density at radius 3 is 2.72 bits per heavy atom. The summed E-state index contributed by atoms with van der Waals surface area (Å²) in [6.07, 6.45) is 1.61. The van der Waals surface area contributed by atoms with E-state index >= 15 is 0 Å². The second kappa shape index (κ2) is 5.31. The molecule has 0 unspecified atom stereocenters. The van der Waals surface area contributed by atoms with E-state index in [0.29, 0.717) is 10.2 Å². The highest BCUT2D eigenvalue weighted by atomic mass is 79.9. The minimum Gasteiger partial charge on any atom is -0.311 e. The van der Waals surface area contributed by atoms with Crippen LogP contribution in [0.2, 0.25) is 0 Å². The predicted octanol–water partition coefficient (Wildman–Crippen LogP) is 3.43. The summed E-state index contributed by atoms with van der Waals surface area (Å²) in [5.41, 5.74) is 2.62. The summed E-state index contributed by atoms with van der Waals surface area (Å²) in [4.78, 5) is 17.9. The van der Waals surface area contributed by atoms with Crippen molar-refractivity contribution in [2.24, 2.45) is 0 Å². The van der Waals surface area contributed by atoms with E-state index in [1.54, 1.807) is 30.3 Å². The normalized spacial score (nSPS) is 10.2. The maximum Gasteiger partial charge on any atom is 0.258 e. The fraction of sp³-hybridized carbons (Fsp3) is 0.143. The van der Waals surface area contributed by atoms with E-state index < -0.39 is 0 Å². The van der Waals surface area contributed by atoms with Crippen LogP contribution in [0.4, 0.5) is 5.69 Å². The van der Waals surface area contributed by atoms with Crippen molar-refractivity contribution in [3.8, 4) is 0 Å². The second-order valence-corrected chi connectivity index (χ2v) is 4.88. The first-order valence-corrected chi connectivity index (χ1v) is 6.33. The summed E-state index contributed by atoms with van der Waals surface area (Å²) in [5.74, 6) is -0.0521. The number of amides is 1. The van der Waals surface area contributed by atoms with Crippen LogP contribution in [0.25, 0.3) is 0 Å². The van der Waals surface area contributed by atoms with Gasteiger partial charge < -0.3 is 4.90 Å². The minimum absolute atomic E-state index is 0.0521. The topological polar surface area (TPSA) is 33.2 Å². The van der Waals surface area contributed by atoms with Crippen molar-refractivity contribution in [2.45, 2.75) is 6.92 Å². The van der Waals surface area contributed by atoms with Crippen LogP contribution < -0.4 is 4.90 Å². The first-order chi connectivity index (χ1) is 8.58. The van der Waals surface area contributed by atoms with Gasteiger partial charge in [0.25, 0.3) is 5.91 Å². The Morgan fingerprint density at radius 1 is 1.28 bits per heavy atom. The SMILES string of the molecule is Cc1cccc(N(C)C(=O)c2ccnc(Br)c2)c1. The molecule has 0 aliphatic heterocycles. The fourth-order valence-corrected chi connectivity index (χ4v) is 2.05. The molecule has 0 N–H and O–H groups in total. The summed E-state index contributed by atoms with van der Waals surface area (Å²) in [6.45, 7) is 2.00. The number of aryl methyl sites for hydroxylation is 1. The number of anilines is 1. The van der Waals surface area contributed by atoms with Gasteiger partial charge in [-0.25, -0.2) is 4.98 Å². The average Bonchev–Trinajstić information content (AvgIpc) is 2.37. The van der Waals surface area contributed by atoms with Gasteiger partial charge in [0.15, 0.2) is 0 Å². The number of benzene rings is 1. The monoisotopic (exact) mass is 304 g/mol. The van der Waals surface area contributed by atoms with Gasteiger partial charge in [-0.05, 0) is 52.7 Å². The quantitative estimate of drug-likeness (QED) is 0.796. The van der Waals surface area contributed by atoms with Gasteiger partial charge in [0.2, 0.25) is 0 Å². The molecule has 18 heavy (non-hydrogen) atoms. The molecule has 2 aromatic rings. The number of nitrogens with zero attached hydrogens (tertiary/aromatic N) is 2. The third-order valence-corrected chi connectivity index (χ3v) is 3.10. The molecule has 0 fully saturated rings. The molecule has 0 saturated carbocycles. The molecule has 4 heteroatoms. The first kappa shape index (κ1) is 12.8. The third-order valence-electron chi connectivity index (χ3n) is 2.67. The summed E-state index contributed by atoms with van der Waals surface area (Å²) in [6, 6.07) is 11.3. The summed E-state index contributed by atoms with van der Waals surface area (Å²) in [5, 5.41) is 0. The summed E-state index contributed by atoms with van der Waals surface area (Å²) in [7, 11) is 1.77. The maximum atomic E-state index is 12.3. The number of rotatable bonds is 2. The molecule has 3 nitrogen and oxygen atoms in total. The van der Waals surface area contributed by atoms with Gasteiger partial charge in [0.1, 0.15) is 4.60 Å². The lowest BCUT2D eigenvalue weighted by atomic mass is 10.2. The minimum atomic E-state index is -0.0521. The molecular formula is C14H13BrN2O. The predicted molar refractivity (Wildman–Crippen MR) is 75.8 cm³/mol. The van der Waals surface area contributed by atoms with Crippen LogP contribution in [0, 0.1) is 6.92 Å². The number of hydrogen-bond donors (Lipinski definition) is 0. The first-order valence-electron chi connectivity index (χ1n) is 5.54. The van der Waals surface area contributed by atoms with Gasteiger partial charge in [-0.2, -0.15) is 0 Å². The van der Waals surface area contributed by atoms with Crippen LogP contribution in [0.1, 0.15) is 15.9 Å². The van der Waals surface area contributed by atoms with Crippen molar-refractivity contribution in [2.75, 3.05) is 11.9 Å². The average molecular weight is 305 g/mol. The zero-order valence-electron chi connectivity index (χ0n) is 10.2. The van der Waals surface area contributed by atoms with E-state index in [1.165, 1.54) is 0 Å². The van der Waals surface area contributed by atoms with Gasteiger partial charge in [-0.1, -0.05) is 12.1 Å². The van der Waals surface area contributed by atoms with Crippen molar-refractivity contribution >= 4 is 27.5 Å². The van der Waals surface area contributed by atoms with Crippen LogP contribution in [0.15, 0.2) is 47.2 Å². The van der Waals surface area contributed by atoms with Crippen molar-refractivity contribution < 1.29 is 4.79 Å². The van der Waals surface area contributed by atoms with Crippen LogP contribution in [0.5, 0.6) is 0 Å². The molecule has 1 aromatic heterocycles. The third kappa shape index (κ3) is 2.76. The Morgan fingerprint density at radius 2 is 2.06 bits per heavy atom. The number of aromatic nitrogens is 1. The molecule has 0 spiro atoms. The molecule has 0 aliphatic rings. The van der Waals surface area contributed by atoms with E-state index in [1.807, 2.05) is 31.2 Å². The van der Waals surface area contributed by atoms with Crippen LogP contribution >= 0.6 is 15.9 Å². The fourth-order valence-electron chi connectivity index (χ4n) is 1.68. The molecular weight excluding hydrogens is 292 g/mol. The number of carbonyl (C=O) groups excluding carboxylic acids is 1. The van der Waals surface area contributed by atoms with E-state index in [2.05, 4.69) is 20.9 Å². The Hall–Kier alpha value is -1.68.